The zero-order valence-corrected chi connectivity index (χ0v) is 12.1. The largest absolute Gasteiger partial charge is 0.478 e. The number of carboxylic acid groups (broad SMARTS) is 1. The van der Waals surface area contributed by atoms with E-state index in [4.69, 9.17) is 16.7 Å². The number of carbonyl (C=O) groups excluding carboxylic acids is 1. The summed E-state index contributed by atoms with van der Waals surface area (Å²) in [6.45, 7) is 3.81. The van der Waals surface area contributed by atoms with E-state index in [1.807, 2.05) is 13.8 Å². The van der Waals surface area contributed by atoms with Gasteiger partial charge in [-0.2, -0.15) is 0 Å². The standard InChI is InChI=1S/C13H13ClN4O3/c1-6(2)10-16-11(18-17-10)12(19)15-9-5-7(14)3-4-8(9)13(20)21/h3-6H,1-2H3,(H,15,19)(H,20,21)(H,16,17,18). The fraction of sp³-hybridized carbons (Fsp3) is 0.231. The van der Waals surface area contributed by atoms with Crippen LogP contribution in [0.5, 0.6) is 0 Å². The zero-order chi connectivity index (χ0) is 15.6. The molecule has 8 heteroatoms. The molecule has 0 saturated heterocycles. The van der Waals surface area contributed by atoms with Crippen LogP contribution in [0.4, 0.5) is 5.69 Å². The Kier molecular flexibility index (Phi) is 4.23. The maximum atomic E-state index is 12.0. The van der Waals surface area contributed by atoms with Crippen molar-refractivity contribution in [3.05, 3.63) is 40.4 Å². The molecule has 0 spiro atoms. The Morgan fingerprint density at radius 2 is 2.10 bits per heavy atom. The molecule has 1 aromatic carbocycles. The van der Waals surface area contributed by atoms with Crippen LogP contribution < -0.4 is 5.32 Å². The first kappa shape index (κ1) is 15.0. The number of rotatable bonds is 4. The van der Waals surface area contributed by atoms with Crippen LogP contribution in [-0.2, 0) is 0 Å². The molecule has 1 aromatic heterocycles. The highest BCUT2D eigenvalue weighted by Gasteiger charge is 2.18. The maximum Gasteiger partial charge on any atom is 0.337 e. The van der Waals surface area contributed by atoms with Gasteiger partial charge in [0, 0.05) is 10.9 Å². The second kappa shape index (κ2) is 5.92. The molecule has 0 aliphatic carbocycles. The molecule has 110 valence electrons. The van der Waals surface area contributed by atoms with Crippen molar-refractivity contribution >= 4 is 29.2 Å². The molecule has 21 heavy (non-hydrogen) atoms. The summed E-state index contributed by atoms with van der Waals surface area (Å²) in [4.78, 5) is 27.2. The average Bonchev–Trinajstić information content (AvgIpc) is 2.88. The third kappa shape index (κ3) is 3.38. The summed E-state index contributed by atoms with van der Waals surface area (Å²) < 4.78 is 0. The number of halogens is 1. The van der Waals surface area contributed by atoms with Gasteiger partial charge in [0.15, 0.2) is 0 Å². The van der Waals surface area contributed by atoms with Crippen molar-refractivity contribution in [3.8, 4) is 0 Å². The van der Waals surface area contributed by atoms with Gasteiger partial charge in [-0.25, -0.2) is 9.78 Å². The number of nitrogens with one attached hydrogen (secondary N) is 2. The number of benzene rings is 1. The molecule has 2 rings (SSSR count). The lowest BCUT2D eigenvalue weighted by atomic mass is 10.2. The van der Waals surface area contributed by atoms with E-state index < -0.39 is 11.9 Å². The van der Waals surface area contributed by atoms with Crippen LogP contribution >= 0.6 is 11.6 Å². The minimum Gasteiger partial charge on any atom is -0.478 e. The van der Waals surface area contributed by atoms with Crippen LogP contribution in [0.2, 0.25) is 5.02 Å². The van der Waals surface area contributed by atoms with Gasteiger partial charge in [-0.1, -0.05) is 25.4 Å². The van der Waals surface area contributed by atoms with Gasteiger partial charge in [-0.15, -0.1) is 5.10 Å². The number of carboxylic acids is 1. The van der Waals surface area contributed by atoms with E-state index in [0.717, 1.165) is 0 Å². The summed E-state index contributed by atoms with van der Waals surface area (Å²) in [6, 6.07) is 4.11. The monoisotopic (exact) mass is 308 g/mol. The molecule has 0 radical (unpaired) electrons. The summed E-state index contributed by atoms with van der Waals surface area (Å²) >= 11 is 5.81. The van der Waals surface area contributed by atoms with Gasteiger partial charge < -0.3 is 10.4 Å². The molecule has 3 N–H and O–H groups in total. The predicted octanol–water partition coefficient (Wildman–Crippen LogP) is 2.53. The Morgan fingerprint density at radius 1 is 1.38 bits per heavy atom. The molecule has 0 fully saturated rings. The lowest BCUT2D eigenvalue weighted by Crippen LogP contribution is -2.16. The van der Waals surface area contributed by atoms with E-state index >= 15 is 0 Å². The number of aromatic amines is 1. The van der Waals surface area contributed by atoms with Crippen molar-refractivity contribution in [2.45, 2.75) is 19.8 Å². The van der Waals surface area contributed by atoms with E-state index in [0.29, 0.717) is 10.8 Å². The number of amides is 1. The number of H-pyrrole nitrogens is 1. The van der Waals surface area contributed by atoms with Crippen molar-refractivity contribution in [1.29, 1.82) is 0 Å². The first-order valence-corrected chi connectivity index (χ1v) is 6.52. The number of aromatic nitrogens is 3. The first-order chi connectivity index (χ1) is 9.88. The van der Waals surface area contributed by atoms with Crippen LogP contribution in [0.3, 0.4) is 0 Å². The molecule has 1 amide bonds. The van der Waals surface area contributed by atoms with Gasteiger partial charge in [0.2, 0.25) is 5.82 Å². The van der Waals surface area contributed by atoms with Gasteiger partial charge in [-0.3, -0.25) is 9.89 Å². The summed E-state index contributed by atoms with van der Waals surface area (Å²) in [5.74, 6) is -1.16. The van der Waals surface area contributed by atoms with Crippen molar-refractivity contribution in [1.82, 2.24) is 15.2 Å². The van der Waals surface area contributed by atoms with E-state index in [1.54, 1.807) is 0 Å². The van der Waals surface area contributed by atoms with Gasteiger partial charge in [0.1, 0.15) is 5.82 Å². The van der Waals surface area contributed by atoms with Gasteiger partial charge in [0.05, 0.1) is 11.3 Å². The molecule has 0 bridgehead atoms. The smallest absolute Gasteiger partial charge is 0.337 e. The molecular weight excluding hydrogens is 296 g/mol. The van der Waals surface area contributed by atoms with E-state index in [-0.39, 0.29) is 23.0 Å². The lowest BCUT2D eigenvalue weighted by Gasteiger charge is -2.07. The van der Waals surface area contributed by atoms with Crippen molar-refractivity contribution in [2.24, 2.45) is 0 Å². The summed E-state index contributed by atoms with van der Waals surface area (Å²) in [6.07, 6.45) is 0. The van der Waals surface area contributed by atoms with Crippen molar-refractivity contribution in [2.75, 3.05) is 5.32 Å². The number of carbonyl (C=O) groups is 2. The van der Waals surface area contributed by atoms with Crippen LogP contribution in [0.15, 0.2) is 18.2 Å². The van der Waals surface area contributed by atoms with Gasteiger partial charge in [-0.05, 0) is 18.2 Å². The highest BCUT2D eigenvalue weighted by molar-refractivity contribution is 6.31. The fourth-order valence-corrected chi connectivity index (χ4v) is 1.79. The third-order valence-electron chi connectivity index (χ3n) is 2.71. The molecular formula is C13H13ClN4O3. The highest BCUT2D eigenvalue weighted by Crippen LogP contribution is 2.21. The Hall–Kier alpha value is -2.41. The molecule has 1 heterocycles. The molecule has 0 saturated carbocycles. The summed E-state index contributed by atoms with van der Waals surface area (Å²) in [7, 11) is 0. The number of aromatic carboxylic acids is 1. The summed E-state index contributed by atoms with van der Waals surface area (Å²) in [5.41, 5.74) is 0.0308. The lowest BCUT2D eigenvalue weighted by molar-refractivity contribution is 0.0698. The molecule has 7 nitrogen and oxygen atoms in total. The predicted molar refractivity (Wildman–Crippen MR) is 76.8 cm³/mol. The molecule has 0 unspecified atom stereocenters. The Morgan fingerprint density at radius 3 is 2.67 bits per heavy atom. The van der Waals surface area contributed by atoms with Gasteiger partial charge in [0.25, 0.3) is 5.91 Å². The number of hydrogen-bond donors (Lipinski definition) is 3. The first-order valence-electron chi connectivity index (χ1n) is 6.15. The second-order valence-electron chi connectivity index (χ2n) is 4.65. The van der Waals surface area contributed by atoms with Gasteiger partial charge >= 0.3 is 5.97 Å². The zero-order valence-electron chi connectivity index (χ0n) is 11.3. The molecule has 0 aliphatic heterocycles. The Bertz CT molecular complexity index is 696. The molecule has 2 aromatic rings. The fourth-order valence-electron chi connectivity index (χ4n) is 1.62. The topological polar surface area (TPSA) is 108 Å². The van der Waals surface area contributed by atoms with E-state index in [1.165, 1.54) is 18.2 Å². The van der Waals surface area contributed by atoms with E-state index in [2.05, 4.69) is 20.5 Å². The average molecular weight is 309 g/mol. The number of anilines is 1. The minimum atomic E-state index is -1.17. The molecule has 0 aliphatic rings. The second-order valence-corrected chi connectivity index (χ2v) is 5.08. The van der Waals surface area contributed by atoms with Crippen LogP contribution in [0.1, 0.15) is 46.6 Å². The van der Waals surface area contributed by atoms with Crippen LogP contribution in [-0.4, -0.2) is 32.2 Å². The molecule has 0 atom stereocenters. The minimum absolute atomic E-state index is 0.0602. The number of hydrogen-bond acceptors (Lipinski definition) is 4. The van der Waals surface area contributed by atoms with Crippen molar-refractivity contribution < 1.29 is 14.7 Å². The quantitative estimate of drug-likeness (QED) is 0.804. The summed E-state index contributed by atoms with van der Waals surface area (Å²) in [5, 5.41) is 18.3. The van der Waals surface area contributed by atoms with Crippen LogP contribution in [0, 0.1) is 0 Å². The van der Waals surface area contributed by atoms with Crippen LogP contribution in [0.25, 0.3) is 0 Å². The highest BCUT2D eigenvalue weighted by atomic mass is 35.5. The Balaban J connectivity index is 2.26. The normalized spacial score (nSPS) is 10.7. The number of nitrogens with zero attached hydrogens (tertiary/aromatic N) is 2. The Labute approximate surface area is 125 Å². The van der Waals surface area contributed by atoms with E-state index in [9.17, 15) is 9.59 Å². The van der Waals surface area contributed by atoms with Crippen molar-refractivity contribution in [3.63, 3.8) is 0 Å². The third-order valence-corrected chi connectivity index (χ3v) is 2.95. The SMILES string of the molecule is CC(C)c1nc(C(=O)Nc2cc(Cl)ccc2C(=O)O)n[nH]1. The maximum absolute atomic E-state index is 12.0.